The fraction of sp³-hybridized carbons (Fsp3) is 0.462. The predicted molar refractivity (Wildman–Crippen MR) is 67.0 cm³/mol. The fourth-order valence-corrected chi connectivity index (χ4v) is 3.51. The zero-order valence-corrected chi connectivity index (χ0v) is 10.6. The van der Waals surface area contributed by atoms with E-state index in [0.717, 1.165) is 10.9 Å². The summed E-state index contributed by atoms with van der Waals surface area (Å²) in [5, 5.41) is 0.988. The lowest BCUT2D eigenvalue weighted by atomic mass is 10.0. The monoisotopic (exact) mass is 279 g/mol. The van der Waals surface area contributed by atoms with Crippen LogP contribution < -0.4 is 0 Å². The number of carbonyl (C=O) groups excluding carboxylic acids is 1. The van der Waals surface area contributed by atoms with Crippen molar-refractivity contribution in [3.63, 3.8) is 0 Å². The average molecular weight is 280 g/mol. The summed E-state index contributed by atoms with van der Waals surface area (Å²) < 4.78 is 0. The fourth-order valence-electron chi connectivity index (χ4n) is 2.86. The first-order chi connectivity index (χ1) is 7.83. The maximum atomic E-state index is 12.2. The molecule has 0 spiro atoms. The molecule has 0 N–H and O–H groups in total. The topological polar surface area (TPSA) is 20.1 Å². The SMILES string of the molecule is O=C(c1ccccc1)[C@@H]1[C@H]2CC[C@@H](CBr)N21. The van der Waals surface area contributed by atoms with Crippen molar-refractivity contribution in [3.8, 4) is 0 Å². The lowest BCUT2D eigenvalue weighted by molar-refractivity contribution is 0.0966. The maximum absolute atomic E-state index is 12.2. The van der Waals surface area contributed by atoms with Gasteiger partial charge in [0.15, 0.2) is 5.78 Å². The Balaban J connectivity index is 1.75. The zero-order valence-electron chi connectivity index (χ0n) is 8.97. The summed E-state index contributed by atoms with van der Waals surface area (Å²) in [6.45, 7) is 0. The van der Waals surface area contributed by atoms with Crippen LogP contribution in [0.5, 0.6) is 0 Å². The molecule has 3 heteroatoms. The van der Waals surface area contributed by atoms with E-state index >= 15 is 0 Å². The van der Waals surface area contributed by atoms with Gasteiger partial charge in [0.05, 0.1) is 6.04 Å². The Kier molecular flexibility index (Phi) is 2.60. The first kappa shape index (κ1) is 10.5. The molecule has 84 valence electrons. The Morgan fingerprint density at radius 1 is 1.31 bits per heavy atom. The number of carbonyl (C=O) groups is 1. The minimum absolute atomic E-state index is 0.165. The number of nitrogens with zero attached hydrogens (tertiary/aromatic N) is 1. The summed E-state index contributed by atoms with van der Waals surface area (Å²) in [6, 6.07) is 10.9. The van der Waals surface area contributed by atoms with Crippen LogP contribution in [0.25, 0.3) is 0 Å². The number of ketones is 1. The van der Waals surface area contributed by atoms with E-state index < -0.39 is 0 Å². The van der Waals surface area contributed by atoms with Crippen molar-refractivity contribution in [2.75, 3.05) is 5.33 Å². The van der Waals surface area contributed by atoms with Gasteiger partial charge in [-0.05, 0) is 12.8 Å². The van der Waals surface area contributed by atoms with Crippen molar-refractivity contribution < 1.29 is 4.79 Å². The van der Waals surface area contributed by atoms with Crippen LogP contribution in [0.3, 0.4) is 0 Å². The molecule has 1 aromatic rings. The van der Waals surface area contributed by atoms with Gasteiger partial charge < -0.3 is 0 Å². The van der Waals surface area contributed by atoms with Crippen LogP contribution in [0, 0.1) is 0 Å². The highest BCUT2D eigenvalue weighted by atomic mass is 79.9. The molecular weight excluding hydrogens is 266 g/mol. The molecule has 0 bridgehead atoms. The van der Waals surface area contributed by atoms with Crippen LogP contribution in [0.15, 0.2) is 30.3 Å². The number of rotatable bonds is 3. The summed E-state index contributed by atoms with van der Waals surface area (Å²) >= 11 is 3.52. The molecule has 4 atom stereocenters. The van der Waals surface area contributed by atoms with E-state index in [1.807, 2.05) is 30.3 Å². The Hall–Kier alpha value is -0.670. The van der Waals surface area contributed by atoms with Crippen molar-refractivity contribution in [1.29, 1.82) is 0 Å². The summed E-state index contributed by atoms with van der Waals surface area (Å²) in [5.74, 6) is 0.302. The number of hydrogen-bond acceptors (Lipinski definition) is 2. The van der Waals surface area contributed by atoms with E-state index in [2.05, 4.69) is 20.8 Å². The minimum atomic E-state index is 0.165. The van der Waals surface area contributed by atoms with Crippen LogP contribution in [0.2, 0.25) is 0 Å². The van der Waals surface area contributed by atoms with Gasteiger partial charge in [-0.2, -0.15) is 0 Å². The van der Waals surface area contributed by atoms with E-state index in [1.165, 1.54) is 12.8 Å². The molecular formula is C13H14BrNO. The van der Waals surface area contributed by atoms with Crippen LogP contribution in [-0.4, -0.2) is 34.1 Å². The van der Waals surface area contributed by atoms with Crippen LogP contribution >= 0.6 is 15.9 Å². The molecule has 0 saturated carbocycles. The van der Waals surface area contributed by atoms with E-state index in [-0.39, 0.29) is 6.04 Å². The largest absolute Gasteiger partial charge is 0.292 e. The molecule has 0 amide bonds. The van der Waals surface area contributed by atoms with Crippen molar-refractivity contribution in [2.45, 2.75) is 31.0 Å². The van der Waals surface area contributed by atoms with Gasteiger partial charge >= 0.3 is 0 Å². The highest BCUT2D eigenvalue weighted by Crippen LogP contribution is 2.44. The molecule has 2 heterocycles. The summed E-state index contributed by atoms with van der Waals surface area (Å²) in [4.78, 5) is 14.6. The summed E-state index contributed by atoms with van der Waals surface area (Å²) in [7, 11) is 0. The number of fused-ring (bicyclic) bond motifs is 1. The van der Waals surface area contributed by atoms with Crippen molar-refractivity contribution in [1.82, 2.24) is 4.90 Å². The standard InChI is InChI=1S/C13H14BrNO/c14-8-10-6-7-11-12(15(10)11)13(16)9-4-2-1-3-5-9/h1-5,10-12H,6-8H2/t10-,11+,12-,15?/m0/s1. The quantitative estimate of drug-likeness (QED) is 0.481. The zero-order chi connectivity index (χ0) is 11.1. The number of Topliss-reactive ketones (excluding diaryl/α,β-unsaturated/α-hetero) is 1. The first-order valence-electron chi connectivity index (χ1n) is 5.75. The molecule has 3 rings (SSSR count). The molecule has 1 unspecified atom stereocenters. The van der Waals surface area contributed by atoms with E-state index in [9.17, 15) is 4.79 Å². The predicted octanol–water partition coefficient (Wildman–Crippen LogP) is 2.48. The Labute approximate surface area is 104 Å². The Morgan fingerprint density at radius 2 is 2.06 bits per heavy atom. The summed E-state index contributed by atoms with van der Waals surface area (Å²) in [5.41, 5.74) is 0.857. The highest BCUT2D eigenvalue weighted by molar-refractivity contribution is 9.09. The molecule has 16 heavy (non-hydrogen) atoms. The first-order valence-corrected chi connectivity index (χ1v) is 6.87. The normalized spacial score (nSPS) is 35.8. The van der Waals surface area contributed by atoms with Gasteiger partial charge in [-0.1, -0.05) is 46.3 Å². The van der Waals surface area contributed by atoms with E-state index in [1.54, 1.807) is 0 Å². The second-order valence-corrected chi connectivity index (χ2v) is 5.22. The van der Waals surface area contributed by atoms with Gasteiger partial charge in [0.1, 0.15) is 0 Å². The number of benzene rings is 1. The molecule has 2 nitrogen and oxygen atoms in total. The minimum Gasteiger partial charge on any atom is -0.292 e. The van der Waals surface area contributed by atoms with Crippen molar-refractivity contribution >= 4 is 21.7 Å². The smallest absolute Gasteiger partial charge is 0.181 e. The third kappa shape index (κ3) is 1.54. The highest BCUT2D eigenvalue weighted by Gasteiger charge is 2.58. The maximum Gasteiger partial charge on any atom is 0.181 e. The van der Waals surface area contributed by atoms with E-state index in [4.69, 9.17) is 0 Å². The second kappa shape index (κ2) is 3.97. The number of hydrogen-bond donors (Lipinski definition) is 0. The molecule has 0 aromatic heterocycles. The third-order valence-corrected chi connectivity index (χ3v) is 4.45. The number of halogens is 1. The second-order valence-electron chi connectivity index (χ2n) is 4.58. The molecule has 2 aliphatic rings. The third-order valence-electron chi connectivity index (χ3n) is 3.70. The lowest BCUT2D eigenvalue weighted by Crippen LogP contribution is -2.24. The number of piperidine rings is 1. The Bertz CT molecular complexity index is 406. The summed E-state index contributed by atoms with van der Waals surface area (Å²) in [6.07, 6.45) is 2.41. The molecule has 2 fully saturated rings. The van der Waals surface area contributed by atoms with Gasteiger partial charge in [0.2, 0.25) is 0 Å². The van der Waals surface area contributed by atoms with Gasteiger partial charge in [-0.3, -0.25) is 9.69 Å². The van der Waals surface area contributed by atoms with Gasteiger partial charge in [0.25, 0.3) is 0 Å². The average Bonchev–Trinajstić information content (AvgIpc) is 2.91. The molecule has 2 aliphatic heterocycles. The van der Waals surface area contributed by atoms with Gasteiger partial charge in [-0.15, -0.1) is 0 Å². The van der Waals surface area contributed by atoms with Gasteiger partial charge in [-0.25, -0.2) is 0 Å². The number of alkyl halides is 1. The molecule has 2 saturated heterocycles. The van der Waals surface area contributed by atoms with Crippen molar-refractivity contribution in [2.24, 2.45) is 0 Å². The molecule has 1 aromatic carbocycles. The van der Waals surface area contributed by atoms with Crippen LogP contribution in [0.4, 0.5) is 0 Å². The lowest BCUT2D eigenvalue weighted by Gasteiger charge is -2.11. The van der Waals surface area contributed by atoms with Crippen LogP contribution in [0.1, 0.15) is 23.2 Å². The van der Waals surface area contributed by atoms with Crippen molar-refractivity contribution in [3.05, 3.63) is 35.9 Å². The molecule has 0 radical (unpaired) electrons. The van der Waals surface area contributed by atoms with E-state index in [0.29, 0.717) is 17.9 Å². The molecule has 0 aliphatic carbocycles. The van der Waals surface area contributed by atoms with Gasteiger partial charge in [0, 0.05) is 23.0 Å². The van der Waals surface area contributed by atoms with Crippen LogP contribution in [-0.2, 0) is 0 Å². The Morgan fingerprint density at radius 3 is 2.75 bits per heavy atom.